The Bertz CT molecular complexity index is 505. The first-order valence-electron chi connectivity index (χ1n) is 6.20. The Kier molecular flexibility index (Phi) is 5.71. The number of nitrogens with one attached hydrogen (secondary N) is 1. The third-order valence-electron chi connectivity index (χ3n) is 2.97. The molecule has 0 heterocycles. The molecule has 5 heteroatoms. The van der Waals surface area contributed by atoms with Gasteiger partial charge in [-0.1, -0.05) is 13.8 Å². The van der Waals surface area contributed by atoms with Gasteiger partial charge in [0.15, 0.2) is 0 Å². The quantitative estimate of drug-likeness (QED) is 0.899. The van der Waals surface area contributed by atoms with E-state index in [-0.39, 0.29) is 11.2 Å². The fourth-order valence-electron chi connectivity index (χ4n) is 1.49. The lowest BCUT2D eigenvalue weighted by Crippen LogP contribution is -2.33. The van der Waals surface area contributed by atoms with Crippen molar-refractivity contribution >= 4 is 22.4 Å². The molecule has 4 nitrogen and oxygen atoms in total. The zero-order valence-electron chi connectivity index (χ0n) is 11.3. The summed E-state index contributed by atoms with van der Waals surface area (Å²) in [4.78, 5) is 12.0. The van der Waals surface area contributed by atoms with Gasteiger partial charge in [-0.05, 0) is 37.6 Å². The number of benzene rings is 1. The lowest BCUT2D eigenvalue weighted by molar-refractivity contribution is -0.115. The molecule has 0 fully saturated rings. The van der Waals surface area contributed by atoms with Crippen molar-refractivity contribution in [1.29, 1.82) is 5.26 Å². The predicted molar refractivity (Wildman–Crippen MR) is 77.1 cm³/mol. The average molecular weight is 278 g/mol. The molecular weight excluding hydrogens is 260 g/mol. The first kappa shape index (κ1) is 15.4. The van der Waals surface area contributed by atoms with Crippen molar-refractivity contribution in [3.63, 3.8) is 0 Å². The lowest BCUT2D eigenvalue weighted by Gasteiger charge is -2.16. The minimum absolute atomic E-state index is 0.00159. The Morgan fingerprint density at radius 3 is 2.42 bits per heavy atom. The SMILES string of the molecule is CCC(C)S(=O)C(C)C(=O)Nc1ccc(C#N)cc1. The Morgan fingerprint density at radius 2 is 1.95 bits per heavy atom. The van der Waals surface area contributed by atoms with Gasteiger partial charge in [-0.25, -0.2) is 0 Å². The van der Waals surface area contributed by atoms with Crippen molar-refractivity contribution in [1.82, 2.24) is 0 Å². The maximum absolute atomic E-state index is 12.0. The number of hydrogen-bond acceptors (Lipinski definition) is 3. The van der Waals surface area contributed by atoms with E-state index in [0.717, 1.165) is 6.42 Å². The van der Waals surface area contributed by atoms with Crippen molar-refractivity contribution in [2.45, 2.75) is 37.7 Å². The van der Waals surface area contributed by atoms with Crippen LogP contribution in [-0.4, -0.2) is 20.6 Å². The van der Waals surface area contributed by atoms with E-state index in [1.54, 1.807) is 31.2 Å². The average Bonchev–Trinajstić information content (AvgIpc) is 2.45. The van der Waals surface area contributed by atoms with Crippen LogP contribution in [0, 0.1) is 11.3 Å². The van der Waals surface area contributed by atoms with Crippen LogP contribution in [0.3, 0.4) is 0 Å². The van der Waals surface area contributed by atoms with Crippen LogP contribution in [-0.2, 0) is 15.6 Å². The van der Waals surface area contributed by atoms with E-state index >= 15 is 0 Å². The summed E-state index contributed by atoms with van der Waals surface area (Å²) in [7, 11) is -1.18. The summed E-state index contributed by atoms with van der Waals surface area (Å²) in [6.07, 6.45) is 0.779. The van der Waals surface area contributed by atoms with E-state index in [4.69, 9.17) is 5.26 Å². The molecule has 1 N–H and O–H groups in total. The van der Waals surface area contributed by atoms with Crippen LogP contribution >= 0.6 is 0 Å². The van der Waals surface area contributed by atoms with Crippen LogP contribution in [0.2, 0.25) is 0 Å². The third kappa shape index (κ3) is 4.18. The summed E-state index contributed by atoms with van der Waals surface area (Å²) >= 11 is 0. The molecule has 1 aromatic carbocycles. The highest BCUT2D eigenvalue weighted by Gasteiger charge is 2.23. The molecule has 19 heavy (non-hydrogen) atoms. The Morgan fingerprint density at radius 1 is 1.37 bits per heavy atom. The highest BCUT2D eigenvalue weighted by molar-refractivity contribution is 7.87. The Hall–Kier alpha value is -1.67. The number of nitriles is 1. The molecule has 0 bridgehead atoms. The van der Waals surface area contributed by atoms with Gasteiger partial charge in [0.25, 0.3) is 0 Å². The van der Waals surface area contributed by atoms with Gasteiger partial charge in [-0.3, -0.25) is 9.00 Å². The van der Waals surface area contributed by atoms with Crippen LogP contribution in [0.5, 0.6) is 0 Å². The molecule has 102 valence electrons. The highest BCUT2D eigenvalue weighted by atomic mass is 32.2. The number of rotatable bonds is 5. The molecule has 1 amide bonds. The zero-order valence-corrected chi connectivity index (χ0v) is 12.2. The standard InChI is InChI=1S/C14H18N2O2S/c1-4-10(2)19(18)11(3)14(17)16-13-7-5-12(9-15)6-8-13/h5-8,10-11H,4H2,1-3H3,(H,16,17). The summed E-state index contributed by atoms with van der Waals surface area (Å²) < 4.78 is 12.0. The van der Waals surface area contributed by atoms with Crippen molar-refractivity contribution < 1.29 is 9.00 Å². The third-order valence-corrected chi connectivity index (χ3v) is 5.01. The molecule has 0 spiro atoms. The molecule has 0 aliphatic carbocycles. The number of nitrogens with zero attached hydrogens (tertiary/aromatic N) is 1. The molecule has 1 aromatic rings. The second-order valence-corrected chi connectivity index (χ2v) is 6.54. The second-order valence-electron chi connectivity index (χ2n) is 4.37. The maximum Gasteiger partial charge on any atom is 0.239 e. The van der Waals surface area contributed by atoms with Gasteiger partial charge < -0.3 is 5.32 Å². The topological polar surface area (TPSA) is 70.0 Å². The summed E-state index contributed by atoms with van der Waals surface area (Å²) in [6.45, 7) is 5.50. The minimum Gasteiger partial charge on any atom is -0.325 e. The van der Waals surface area contributed by atoms with Crippen molar-refractivity contribution in [3.05, 3.63) is 29.8 Å². The Balaban J connectivity index is 2.68. The summed E-state index contributed by atoms with van der Waals surface area (Å²) in [6, 6.07) is 8.60. The number of anilines is 1. The van der Waals surface area contributed by atoms with Crippen LogP contribution in [0.1, 0.15) is 32.8 Å². The predicted octanol–water partition coefficient (Wildman–Crippen LogP) is 2.43. The molecule has 0 radical (unpaired) electrons. The summed E-state index contributed by atoms with van der Waals surface area (Å²) in [5, 5.41) is 10.8. The first-order chi connectivity index (χ1) is 8.99. The lowest BCUT2D eigenvalue weighted by atomic mass is 10.2. The zero-order chi connectivity index (χ0) is 14.4. The van der Waals surface area contributed by atoms with Gasteiger partial charge in [-0.15, -0.1) is 0 Å². The highest BCUT2D eigenvalue weighted by Crippen LogP contribution is 2.12. The van der Waals surface area contributed by atoms with Gasteiger partial charge in [0.05, 0.1) is 11.6 Å². The summed E-state index contributed by atoms with van der Waals surface area (Å²) in [5.41, 5.74) is 1.14. The van der Waals surface area contributed by atoms with Crippen LogP contribution in [0.4, 0.5) is 5.69 Å². The molecule has 3 atom stereocenters. The van der Waals surface area contributed by atoms with E-state index in [2.05, 4.69) is 5.32 Å². The Labute approximate surface area is 116 Å². The summed E-state index contributed by atoms with van der Waals surface area (Å²) in [5.74, 6) is -0.261. The van der Waals surface area contributed by atoms with Crippen molar-refractivity contribution in [3.8, 4) is 6.07 Å². The van der Waals surface area contributed by atoms with Gasteiger partial charge in [0.2, 0.25) is 5.91 Å². The largest absolute Gasteiger partial charge is 0.325 e. The fourth-order valence-corrected chi connectivity index (χ4v) is 2.79. The van der Waals surface area contributed by atoms with E-state index in [0.29, 0.717) is 11.3 Å². The van der Waals surface area contributed by atoms with E-state index in [9.17, 15) is 9.00 Å². The van der Waals surface area contributed by atoms with E-state index in [1.165, 1.54) is 0 Å². The van der Waals surface area contributed by atoms with Gasteiger partial charge >= 0.3 is 0 Å². The molecule has 0 aromatic heterocycles. The molecule has 1 rings (SSSR count). The maximum atomic E-state index is 12.0. The van der Waals surface area contributed by atoms with Crippen LogP contribution < -0.4 is 5.32 Å². The minimum atomic E-state index is -1.18. The van der Waals surface area contributed by atoms with E-state index in [1.807, 2.05) is 19.9 Å². The smallest absolute Gasteiger partial charge is 0.239 e. The number of carbonyl (C=O) groups is 1. The molecule has 3 unspecified atom stereocenters. The monoisotopic (exact) mass is 278 g/mol. The number of amides is 1. The molecule has 0 saturated carbocycles. The first-order valence-corrected chi connectivity index (χ1v) is 7.47. The van der Waals surface area contributed by atoms with Crippen molar-refractivity contribution in [2.24, 2.45) is 0 Å². The molecule has 0 aliphatic heterocycles. The normalized spacial score (nSPS) is 15.1. The van der Waals surface area contributed by atoms with Gasteiger partial charge in [0.1, 0.15) is 5.25 Å². The van der Waals surface area contributed by atoms with Crippen LogP contribution in [0.15, 0.2) is 24.3 Å². The second kappa shape index (κ2) is 7.05. The van der Waals surface area contributed by atoms with E-state index < -0.39 is 16.0 Å². The molecule has 0 saturated heterocycles. The van der Waals surface area contributed by atoms with Crippen LogP contribution in [0.25, 0.3) is 0 Å². The number of hydrogen-bond donors (Lipinski definition) is 1. The molecular formula is C14H18N2O2S. The van der Waals surface area contributed by atoms with Gasteiger partial charge in [-0.2, -0.15) is 5.26 Å². The number of carbonyl (C=O) groups excluding carboxylic acids is 1. The van der Waals surface area contributed by atoms with Gasteiger partial charge in [0, 0.05) is 21.7 Å². The molecule has 0 aliphatic rings. The van der Waals surface area contributed by atoms with Crippen molar-refractivity contribution in [2.75, 3.05) is 5.32 Å². The fraction of sp³-hybridized carbons (Fsp3) is 0.429.